The highest BCUT2D eigenvalue weighted by Crippen LogP contribution is 2.22. The lowest BCUT2D eigenvalue weighted by Gasteiger charge is -2.15. The van der Waals surface area contributed by atoms with Crippen LogP contribution in [0.1, 0.15) is 12.8 Å². The van der Waals surface area contributed by atoms with Crippen LogP contribution in [0, 0.1) is 0 Å². The fourth-order valence-electron chi connectivity index (χ4n) is 2.59. The fourth-order valence-corrected chi connectivity index (χ4v) is 4.95. The molecule has 134 valence electrons. The molecule has 0 bridgehead atoms. The third-order valence-corrected chi connectivity index (χ3v) is 7.08. The molecular weight excluding hydrogens is 378 g/mol. The molecule has 2 heterocycles. The molecule has 25 heavy (non-hydrogen) atoms. The lowest BCUT2D eigenvalue weighted by Crippen LogP contribution is -2.27. The Morgan fingerprint density at radius 3 is 2.48 bits per heavy atom. The van der Waals surface area contributed by atoms with Crippen LogP contribution in [0.4, 0.5) is 5.82 Å². The molecule has 0 radical (unpaired) electrons. The van der Waals surface area contributed by atoms with Gasteiger partial charge in [-0.3, -0.25) is 0 Å². The third kappa shape index (κ3) is 4.88. The number of sulfonamides is 1. The Morgan fingerprint density at radius 2 is 1.84 bits per heavy atom. The smallest absolute Gasteiger partial charge is 0.244 e. The molecular formula is C17H20ClN3O2S2. The number of nitrogens with zero attached hydrogens (tertiary/aromatic N) is 2. The number of rotatable bonds is 7. The Labute approximate surface area is 157 Å². The van der Waals surface area contributed by atoms with Gasteiger partial charge in [0.05, 0.1) is 0 Å². The highest BCUT2D eigenvalue weighted by molar-refractivity contribution is 7.99. The summed E-state index contributed by atoms with van der Waals surface area (Å²) in [5.41, 5.74) is 0. The molecule has 1 saturated heterocycles. The maximum Gasteiger partial charge on any atom is 0.244 e. The number of pyridine rings is 1. The van der Waals surface area contributed by atoms with E-state index in [9.17, 15) is 8.42 Å². The van der Waals surface area contributed by atoms with E-state index in [1.165, 1.54) is 10.5 Å². The van der Waals surface area contributed by atoms with Gasteiger partial charge in [0.25, 0.3) is 0 Å². The van der Waals surface area contributed by atoms with Gasteiger partial charge in [-0.05, 0) is 49.2 Å². The van der Waals surface area contributed by atoms with Crippen molar-refractivity contribution < 1.29 is 8.42 Å². The molecule has 1 aromatic carbocycles. The lowest BCUT2D eigenvalue weighted by atomic mass is 10.4. The molecule has 0 saturated carbocycles. The van der Waals surface area contributed by atoms with Crippen molar-refractivity contribution >= 4 is 39.2 Å². The van der Waals surface area contributed by atoms with E-state index in [1.807, 2.05) is 24.3 Å². The van der Waals surface area contributed by atoms with Crippen molar-refractivity contribution in [2.45, 2.75) is 22.6 Å². The van der Waals surface area contributed by atoms with Crippen LogP contribution in [0.5, 0.6) is 0 Å². The van der Waals surface area contributed by atoms with Gasteiger partial charge in [-0.1, -0.05) is 11.6 Å². The first kappa shape index (κ1) is 18.5. The van der Waals surface area contributed by atoms with Gasteiger partial charge in [0.1, 0.15) is 10.7 Å². The van der Waals surface area contributed by atoms with Crippen LogP contribution in [0.3, 0.4) is 0 Å². The molecule has 0 unspecified atom stereocenters. The van der Waals surface area contributed by atoms with Crippen molar-refractivity contribution in [2.75, 3.05) is 30.7 Å². The Balaban J connectivity index is 1.50. The molecule has 8 heteroatoms. The van der Waals surface area contributed by atoms with Crippen LogP contribution in [0.25, 0.3) is 0 Å². The van der Waals surface area contributed by atoms with Crippen LogP contribution >= 0.6 is 23.4 Å². The number of hydrogen-bond acceptors (Lipinski definition) is 5. The summed E-state index contributed by atoms with van der Waals surface area (Å²) >= 11 is 7.58. The van der Waals surface area contributed by atoms with E-state index < -0.39 is 10.0 Å². The molecule has 1 fully saturated rings. The lowest BCUT2D eigenvalue weighted by molar-refractivity contribution is 0.477. The molecule has 0 atom stereocenters. The second-order valence-electron chi connectivity index (χ2n) is 5.72. The van der Waals surface area contributed by atoms with E-state index in [0.29, 0.717) is 18.9 Å². The van der Waals surface area contributed by atoms with E-state index >= 15 is 0 Å². The van der Waals surface area contributed by atoms with E-state index in [4.69, 9.17) is 11.6 Å². The number of anilines is 1. The number of nitrogens with one attached hydrogen (secondary N) is 1. The highest BCUT2D eigenvalue weighted by Gasteiger charge is 2.27. The molecule has 0 spiro atoms. The van der Waals surface area contributed by atoms with Gasteiger partial charge >= 0.3 is 0 Å². The summed E-state index contributed by atoms with van der Waals surface area (Å²) in [5, 5.41) is 3.94. The topological polar surface area (TPSA) is 62.3 Å². The normalized spacial score (nSPS) is 15.4. The largest absolute Gasteiger partial charge is 0.369 e. The first-order valence-electron chi connectivity index (χ1n) is 8.14. The summed E-state index contributed by atoms with van der Waals surface area (Å²) in [7, 11) is -3.39. The first-order valence-corrected chi connectivity index (χ1v) is 10.9. The molecule has 2 aromatic rings. The molecule has 0 aliphatic carbocycles. The second kappa shape index (κ2) is 8.40. The van der Waals surface area contributed by atoms with Crippen LogP contribution in [-0.2, 0) is 10.0 Å². The third-order valence-electron chi connectivity index (χ3n) is 3.93. The average molecular weight is 398 g/mol. The quantitative estimate of drug-likeness (QED) is 0.569. The molecule has 1 aromatic heterocycles. The monoisotopic (exact) mass is 397 g/mol. The molecule has 0 amide bonds. The van der Waals surface area contributed by atoms with Gasteiger partial charge in [0.2, 0.25) is 10.0 Å². The van der Waals surface area contributed by atoms with Crippen molar-refractivity contribution in [3.63, 3.8) is 0 Å². The van der Waals surface area contributed by atoms with E-state index in [1.54, 1.807) is 23.9 Å². The van der Waals surface area contributed by atoms with E-state index in [2.05, 4.69) is 10.3 Å². The summed E-state index contributed by atoms with van der Waals surface area (Å²) in [4.78, 5) is 5.65. The number of aromatic nitrogens is 1. The molecule has 3 rings (SSSR count). The van der Waals surface area contributed by atoms with Crippen molar-refractivity contribution in [1.29, 1.82) is 0 Å². The minimum atomic E-state index is -3.39. The Hall–Kier alpha value is -1.28. The van der Waals surface area contributed by atoms with Gasteiger partial charge in [-0.2, -0.15) is 4.31 Å². The molecule has 1 N–H and O–H groups in total. The molecule has 1 aliphatic heterocycles. The zero-order valence-corrected chi connectivity index (χ0v) is 16.1. The number of halogens is 1. The fraction of sp³-hybridized carbons (Fsp3) is 0.353. The summed E-state index contributed by atoms with van der Waals surface area (Å²) in [6.45, 7) is 1.94. The maximum absolute atomic E-state index is 12.4. The molecule has 1 aliphatic rings. The molecule has 5 nitrogen and oxygen atoms in total. The SMILES string of the molecule is O=S(=O)(c1ccc(NCCSc2ccc(Cl)cc2)nc1)N1CCCC1. The summed E-state index contributed by atoms with van der Waals surface area (Å²) in [6.07, 6.45) is 3.29. The second-order valence-corrected chi connectivity index (χ2v) is 9.26. The number of thioether (sulfide) groups is 1. The minimum absolute atomic E-state index is 0.260. The van der Waals surface area contributed by atoms with E-state index in [-0.39, 0.29) is 4.90 Å². The van der Waals surface area contributed by atoms with Crippen molar-refractivity contribution in [3.05, 3.63) is 47.6 Å². The van der Waals surface area contributed by atoms with Crippen molar-refractivity contribution in [2.24, 2.45) is 0 Å². The van der Waals surface area contributed by atoms with E-state index in [0.717, 1.165) is 35.1 Å². The van der Waals surface area contributed by atoms with Gasteiger partial charge in [0, 0.05) is 41.5 Å². The number of hydrogen-bond donors (Lipinski definition) is 1. The summed E-state index contributed by atoms with van der Waals surface area (Å²) < 4.78 is 26.4. The maximum atomic E-state index is 12.4. The zero-order valence-electron chi connectivity index (χ0n) is 13.7. The van der Waals surface area contributed by atoms with Crippen molar-refractivity contribution in [3.8, 4) is 0 Å². The van der Waals surface area contributed by atoms with Crippen LogP contribution in [0.2, 0.25) is 5.02 Å². The predicted molar refractivity (Wildman–Crippen MR) is 103 cm³/mol. The average Bonchev–Trinajstić information content (AvgIpc) is 3.16. The number of benzene rings is 1. The van der Waals surface area contributed by atoms with Crippen LogP contribution in [-0.4, -0.2) is 43.1 Å². The van der Waals surface area contributed by atoms with Crippen LogP contribution < -0.4 is 5.32 Å². The van der Waals surface area contributed by atoms with Gasteiger partial charge in [-0.15, -0.1) is 11.8 Å². The van der Waals surface area contributed by atoms with Crippen molar-refractivity contribution in [1.82, 2.24) is 9.29 Å². The van der Waals surface area contributed by atoms with Gasteiger partial charge in [0.15, 0.2) is 0 Å². The van der Waals surface area contributed by atoms with Gasteiger partial charge < -0.3 is 5.32 Å². The Kier molecular flexibility index (Phi) is 6.22. The Morgan fingerprint density at radius 1 is 1.12 bits per heavy atom. The predicted octanol–water partition coefficient (Wildman–Crippen LogP) is 3.72. The standard InChI is InChI=1S/C17H20ClN3O2S2/c18-14-3-5-15(6-4-14)24-12-9-19-17-8-7-16(13-20-17)25(22,23)21-10-1-2-11-21/h3-8,13H,1-2,9-12H2,(H,19,20). The highest BCUT2D eigenvalue weighted by atomic mass is 35.5. The summed E-state index contributed by atoms with van der Waals surface area (Å²) in [5.74, 6) is 1.55. The zero-order chi connectivity index (χ0) is 17.7. The Bertz CT molecular complexity index is 790. The minimum Gasteiger partial charge on any atom is -0.369 e. The van der Waals surface area contributed by atoms with Gasteiger partial charge in [-0.25, -0.2) is 13.4 Å². The first-order chi connectivity index (χ1) is 12.1. The summed E-state index contributed by atoms with van der Waals surface area (Å²) in [6, 6.07) is 11.1. The van der Waals surface area contributed by atoms with Crippen LogP contribution in [0.15, 0.2) is 52.4 Å².